The van der Waals surface area contributed by atoms with Gasteiger partial charge in [0.25, 0.3) is 0 Å². The van der Waals surface area contributed by atoms with Crippen LogP contribution in [0.4, 0.5) is 21.3 Å². The first-order valence-electron chi connectivity index (χ1n) is 15.6. The summed E-state index contributed by atoms with van der Waals surface area (Å²) in [7, 11) is 3.80. The van der Waals surface area contributed by atoms with E-state index in [4.69, 9.17) is 9.97 Å². The molecule has 7 rings (SSSR count). The third-order valence-corrected chi connectivity index (χ3v) is 10.1. The third kappa shape index (κ3) is 5.84. The number of Topliss-reactive ketones (excluding diaryl/α,β-unsaturated/α-hetero) is 1. The van der Waals surface area contributed by atoms with Gasteiger partial charge in [-0.25, -0.2) is 24.3 Å². The number of benzene rings is 1. The number of carbonyl (C=O) groups is 1. The molecule has 0 unspecified atom stereocenters. The molecule has 0 aliphatic carbocycles. The lowest BCUT2D eigenvalue weighted by molar-refractivity contribution is -0.124. The summed E-state index contributed by atoms with van der Waals surface area (Å²) in [4.78, 5) is 38.1. The van der Waals surface area contributed by atoms with Crippen molar-refractivity contribution in [1.29, 1.82) is 5.26 Å². The largest absolute Gasteiger partial charge is 0.392 e. The summed E-state index contributed by atoms with van der Waals surface area (Å²) in [6.45, 7) is 4.06. The van der Waals surface area contributed by atoms with Crippen LogP contribution in [0.2, 0.25) is 0 Å². The number of aliphatic hydroxyl groups excluding tert-OH is 1. The van der Waals surface area contributed by atoms with Crippen molar-refractivity contribution in [2.75, 3.05) is 43.5 Å². The highest BCUT2D eigenvalue weighted by Gasteiger charge is 2.37. The van der Waals surface area contributed by atoms with Crippen molar-refractivity contribution in [3.8, 4) is 28.5 Å². The number of pyridine rings is 1. The number of nitrogens with zero attached hydrogens (tertiary/aromatic N) is 9. The molecule has 6 heterocycles. The number of hydrogen-bond donors (Lipinski definition) is 1. The molecule has 2 atom stereocenters. The summed E-state index contributed by atoms with van der Waals surface area (Å²) < 4.78 is 15.6. The van der Waals surface area contributed by atoms with E-state index < -0.39 is 6.10 Å². The summed E-state index contributed by atoms with van der Waals surface area (Å²) in [6.07, 6.45) is 6.92. The van der Waals surface area contributed by atoms with Crippen molar-refractivity contribution in [2.45, 2.75) is 38.3 Å². The Kier molecular flexibility index (Phi) is 8.17. The van der Waals surface area contributed by atoms with Crippen LogP contribution in [0.15, 0.2) is 55.0 Å². The Labute approximate surface area is 275 Å². The van der Waals surface area contributed by atoms with Crippen LogP contribution in [0.1, 0.15) is 30.3 Å². The fourth-order valence-electron chi connectivity index (χ4n) is 6.53. The third-order valence-electron chi connectivity index (χ3n) is 9.04. The molecule has 0 amide bonds. The highest BCUT2D eigenvalue weighted by Crippen LogP contribution is 2.37. The van der Waals surface area contributed by atoms with Gasteiger partial charge in [-0.3, -0.25) is 14.1 Å². The quantitative estimate of drug-likeness (QED) is 0.239. The van der Waals surface area contributed by atoms with E-state index in [1.807, 2.05) is 65.9 Å². The molecule has 2 saturated heterocycles. The molecular weight excluding hydrogens is 618 g/mol. The second kappa shape index (κ2) is 12.4. The Balaban J connectivity index is 1.09. The van der Waals surface area contributed by atoms with Gasteiger partial charge in [0.2, 0.25) is 5.95 Å². The Morgan fingerprint density at radius 1 is 1.09 bits per heavy atom. The fraction of sp³-hybridized carbons (Fsp3) is 0.353. The summed E-state index contributed by atoms with van der Waals surface area (Å²) in [5.74, 6) is 1.59. The maximum Gasteiger partial charge on any atom is 0.225 e. The molecule has 0 bridgehead atoms. The number of halogens is 1. The van der Waals surface area contributed by atoms with Gasteiger partial charge in [0, 0.05) is 74.3 Å². The van der Waals surface area contributed by atoms with Crippen molar-refractivity contribution >= 4 is 39.7 Å². The highest BCUT2D eigenvalue weighted by molar-refractivity contribution is 7.16. The van der Waals surface area contributed by atoms with Crippen LogP contribution < -0.4 is 9.80 Å². The molecule has 0 spiro atoms. The number of hydrogen-bond acceptors (Lipinski definition) is 11. The zero-order valence-electron chi connectivity index (χ0n) is 26.3. The maximum atomic E-state index is 13.6. The zero-order valence-corrected chi connectivity index (χ0v) is 27.2. The molecule has 5 aromatic rings. The monoisotopic (exact) mass is 651 g/mol. The molecule has 2 aliphatic rings. The molecule has 11 nitrogen and oxygen atoms in total. The van der Waals surface area contributed by atoms with Crippen LogP contribution in [0.5, 0.6) is 0 Å². The van der Waals surface area contributed by atoms with Gasteiger partial charge in [0.15, 0.2) is 5.13 Å². The normalized spacial score (nSPS) is 18.4. The van der Waals surface area contributed by atoms with E-state index in [-0.39, 0.29) is 23.6 Å². The second-order valence-electron chi connectivity index (χ2n) is 12.3. The van der Waals surface area contributed by atoms with Crippen molar-refractivity contribution in [3.63, 3.8) is 0 Å². The fourth-order valence-corrected chi connectivity index (χ4v) is 7.38. The number of imidazole rings is 1. The lowest BCUT2D eigenvalue weighted by atomic mass is 9.91. The van der Waals surface area contributed by atoms with E-state index >= 15 is 0 Å². The van der Waals surface area contributed by atoms with Gasteiger partial charge in [-0.05, 0) is 56.3 Å². The molecule has 4 aromatic heterocycles. The molecule has 1 aromatic carbocycles. The molecule has 240 valence electrons. The molecule has 2 fully saturated rings. The summed E-state index contributed by atoms with van der Waals surface area (Å²) >= 11 is 1.28. The molecular formula is C34H34FN9O2S. The first-order chi connectivity index (χ1) is 22.7. The number of fused-ring (bicyclic) bond motifs is 1. The number of rotatable bonds is 9. The summed E-state index contributed by atoms with van der Waals surface area (Å²) in [6, 6.07) is 12.0. The molecule has 2 aliphatic heterocycles. The smallest absolute Gasteiger partial charge is 0.225 e. The van der Waals surface area contributed by atoms with E-state index in [0.717, 1.165) is 41.4 Å². The number of anilines is 3. The number of likely N-dealkylation sites (tertiary alicyclic amines) is 1. The van der Waals surface area contributed by atoms with E-state index in [1.165, 1.54) is 23.5 Å². The highest BCUT2D eigenvalue weighted by atomic mass is 32.1. The van der Waals surface area contributed by atoms with Crippen LogP contribution in [-0.2, 0) is 11.2 Å². The van der Waals surface area contributed by atoms with Gasteiger partial charge in [-0.2, -0.15) is 5.26 Å². The van der Waals surface area contributed by atoms with Gasteiger partial charge in [0.05, 0.1) is 17.8 Å². The first-order valence-corrected chi connectivity index (χ1v) is 16.4. The first kappa shape index (κ1) is 30.9. The minimum atomic E-state index is -0.424. The maximum absolute atomic E-state index is 13.6. The lowest BCUT2D eigenvalue weighted by Gasteiger charge is -2.39. The topological polar surface area (TPSA) is 127 Å². The van der Waals surface area contributed by atoms with Gasteiger partial charge < -0.3 is 14.9 Å². The standard InChI is InChI=1S/C34H34FN9O2S/c1-4-26-32(42(3)34-40-31(29(13-36)47-34)21-5-8-24(35)9-6-21)44-18-22(7-10-30(44)39-26)23-14-37-33(38-15-23)43-16-20(17-43)11-28(46)27-12-25(45)19-41(27)2/h5-10,14-15,18,20,25,27,45H,4,11-12,16-17,19H2,1-3H3/t25-,27+/m1/s1. The Morgan fingerprint density at radius 2 is 1.81 bits per heavy atom. The number of thiazole rings is 1. The number of aromatic nitrogens is 5. The van der Waals surface area contributed by atoms with E-state index in [2.05, 4.69) is 20.9 Å². The van der Waals surface area contributed by atoms with Gasteiger partial charge >= 0.3 is 0 Å². The van der Waals surface area contributed by atoms with Crippen molar-refractivity contribution in [2.24, 2.45) is 5.92 Å². The number of aliphatic hydroxyl groups is 1. The van der Waals surface area contributed by atoms with E-state index in [9.17, 15) is 19.6 Å². The Hall–Kier alpha value is -4.77. The van der Waals surface area contributed by atoms with Crippen molar-refractivity contribution in [1.82, 2.24) is 29.2 Å². The number of ketones is 1. The average Bonchev–Trinajstić information content (AvgIpc) is 3.76. The average molecular weight is 652 g/mol. The summed E-state index contributed by atoms with van der Waals surface area (Å²) in [5, 5.41) is 20.4. The van der Waals surface area contributed by atoms with Gasteiger partial charge in [-0.1, -0.05) is 18.3 Å². The number of likely N-dealkylation sites (N-methyl/N-ethyl adjacent to an activating group) is 1. The number of carbonyl (C=O) groups excluding carboxylic acids is 1. The van der Waals surface area contributed by atoms with Crippen LogP contribution >= 0.6 is 11.3 Å². The van der Waals surface area contributed by atoms with E-state index in [1.54, 1.807) is 12.1 Å². The minimum Gasteiger partial charge on any atom is -0.392 e. The molecule has 47 heavy (non-hydrogen) atoms. The van der Waals surface area contributed by atoms with Crippen LogP contribution in [0.25, 0.3) is 28.0 Å². The Bertz CT molecular complexity index is 1980. The van der Waals surface area contributed by atoms with Crippen LogP contribution in [-0.4, -0.2) is 86.0 Å². The van der Waals surface area contributed by atoms with Crippen molar-refractivity contribution in [3.05, 3.63) is 71.4 Å². The molecule has 1 N–H and O–H groups in total. The van der Waals surface area contributed by atoms with Crippen molar-refractivity contribution < 1.29 is 14.3 Å². The number of aryl methyl sites for hydroxylation is 1. The van der Waals surface area contributed by atoms with Gasteiger partial charge in [0.1, 0.15) is 39.7 Å². The Morgan fingerprint density at radius 3 is 2.47 bits per heavy atom. The number of β-amino-alcohol motifs (C(OH)–C–C–N with tert-alkyl or cyclic N) is 1. The minimum absolute atomic E-state index is 0.188. The number of nitriles is 1. The lowest BCUT2D eigenvalue weighted by Crippen LogP contribution is -2.49. The predicted octanol–water partition coefficient (Wildman–Crippen LogP) is 4.72. The zero-order chi connectivity index (χ0) is 32.8. The van der Waals surface area contributed by atoms with Gasteiger partial charge in [-0.15, -0.1) is 0 Å². The SMILES string of the molecule is CCc1nc2ccc(-c3cnc(N4CC(CC(=O)[C@@H]5C[C@@H](O)CN5C)C4)nc3)cn2c1N(C)c1nc(-c2ccc(F)cc2)c(C#N)s1. The molecule has 13 heteroatoms. The predicted molar refractivity (Wildman–Crippen MR) is 178 cm³/mol. The summed E-state index contributed by atoms with van der Waals surface area (Å²) in [5.41, 5.74) is 4.63. The van der Waals surface area contributed by atoms with Crippen LogP contribution in [0.3, 0.4) is 0 Å². The second-order valence-corrected chi connectivity index (χ2v) is 13.3. The van der Waals surface area contributed by atoms with E-state index in [0.29, 0.717) is 53.0 Å². The molecule has 0 radical (unpaired) electrons. The molecule has 0 saturated carbocycles. The van der Waals surface area contributed by atoms with Crippen LogP contribution in [0, 0.1) is 23.1 Å².